The first-order valence-electron chi connectivity index (χ1n) is 6.17. The second-order valence-electron chi connectivity index (χ2n) is 4.75. The van der Waals surface area contributed by atoms with E-state index < -0.39 is 11.7 Å². The maximum absolute atomic E-state index is 12.6. The summed E-state index contributed by atoms with van der Waals surface area (Å²) in [4.78, 5) is 0. The molecule has 0 aliphatic rings. The van der Waals surface area contributed by atoms with Gasteiger partial charge in [-0.15, -0.1) is 0 Å². The van der Waals surface area contributed by atoms with Crippen molar-refractivity contribution < 1.29 is 13.2 Å². The zero-order chi connectivity index (χ0) is 14.9. The zero-order valence-corrected chi connectivity index (χ0v) is 12.8. The molecule has 2 rings (SSSR count). The lowest BCUT2D eigenvalue weighted by Crippen LogP contribution is -2.04. The van der Waals surface area contributed by atoms with Crippen molar-refractivity contribution in [1.82, 2.24) is 0 Å². The second-order valence-corrected chi connectivity index (χ2v) is 5.31. The molecule has 0 fully saturated rings. The van der Waals surface area contributed by atoms with E-state index in [1.165, 1.54) is 12.1 Å². The Morgan fingerprint density at radius 3 is 2.05 bits per heavy atom. The molecule has 0 aromatic heterocycles. The van der Waals surface area contributed by atoms with Crippen LogP contribution in [-0.4, -0.2) is 0 Å². The molecule has 2 aromatic carbocycles. The molecule has 0 aliphatic carbocycles. The van der Waals surface area contributed by atoms with Gasteiger partial charge in [0.2, 0.25) is 0 Å². The fourth-order valence-electron chi connectivity index (χ4n) is 2.31. The summed E-state index contributed by atoms with van der Waals surface area (Å²) < 4.78 is 37.8. The van der Waals surface area contributed by atoms with Gasteiger partial charge in [0.15, 0.2) is 0 Å². The van der Waals surface area contributed by atoms with E-state index in [9.17, 15) is 13.2 Å². The van der Waals surface area contributed by atoms with Crippen LogP contribution in [0.3, 0.4) is 0 Å². The Kier molecular flexibility index (Phi) is 4.23. The van der Waals surface area contributed by atoms with E-state index in [1.54, 1.807) is 0 Å². The lowest BCUT2D eigenvalue weighted by atomic mass is 9.92. The topological polar surface area (TPSA) is 0 Å². The fourth-order valence-corrected chi connectivity index (χ4v) is 2.91. The van der Waals surface area contributed by atoms with Crippen LogP contribution >= 0.6 is 15.9 Å². The first kappa shape index (κ1) is 15.1. The quantitative estimate of drug-likeness (QED) is 0.597. The number of benzene rings is 2. The van der Waals surface area contributed by atoms with Gasteiger partial charge in [-0.2, -0.15) is 13.2 Å². The number of rotatable bonds is 2. The van der Waals surface area contributed by atoms with Crippen molar-refractivity contribution >= 4 is 15.9 Å². The summed E-state index contributed by atoms with van der Waals surface area (Å²) in [6.07, 6.45) is -4.29. The van der Waals surface area contributed by atoms with Crippen LogP contribution in [0, 0.1) is 13.8 Å². The molecule has 0 unspecified atom stereocenters. The average molecular weight is 343 g/mol. The van der Waals surface area contributed by atoms with Crippen LogP contribution in [0.5, 0.6) is 0 Å². The molecule has 20 heavy (non-hydrogen) atoms. The van der Waals surface area contributed by atoms with Gasteiger partial charge in [0.25, 0.3) is 0 Å². The monoisotopic (exact) mass is 342 g/mol. The summed E-state index contributed by atoms with van der Waals surface area (Å²) in [5.41, 5.74) is 4.51. The highest BCUT2D eigenvalue weighted by Gasteiger charge is 2.30. The standard InChI is InChI=1S/C16H14BrF3/c1-10-3-4-13(9-17)11(2)15(10)12-5-7-14(8-6-12)16(18,19)20/h3-8H,9H2,1-2H3. The minimum atomic E-state index is -4.29. The van der Waals surface area contributed by atoms with Gasteiger partial charge in [0.1, 0.15) is 0 Å². The molecule has 4 heteroatoms. The molecule has 0 bridgehead atoms. The van der Waals surface area contributed by atoms with Crippen molar-refractivity contribution in [2.75, 3.05) is 0 Å². The summed E-state index contributed by atoms with van der Waals surface area (Å²) in [7, 11) is 0. The Balaban J connectivity index is 2.52. The predicted octanol–water partition coefficient (Wildman–Crippen LogP) is 5.88. The maximum atomic E-state index is 12.6. The fraction of sp³-hybridized carbons (Fsp3) is 0.250. The highest BCUT2D eigenvalue weighted by atomic mass is 79.9. The smallest absolute Gasteiger partial charge is 0.166 e. The molecule has 0 amide bonds. The number of alkyl halides is 4. The van der Waals surface area contributed by atoms with E-state index in [-0.39, 0.29) is 0 Å². The molecular formula is C16H14BrF3. The SMILES string of the molecule is Cc1ccc(CBr)c(C)c1-c1ccc(C(F)(F)F)cc1. The van der Waals surface area contributed by atoms with Gasteiger partial charge in [-0.05, 0) is 53.8 Å². The van der Waals surface area contributed by atoms with Crippen LogP contribution in [0.1, 0.15) is 22.3 Å². The minimum Gasteiger partial charge on any atom is -0.166 e. The first-order chi connectivity index (χ1) is 9.34. The van der Waals surface area contributed by atoms with Gasteiger partial charge < -0.3 is 0 Å². The first-order valence-corrected chi connectivity index (χ1v) is 7.29. The van der Waals surface area contributed by atoms with Gasteiger partial charge in [0.05, 0.1) is 5.56 Å². The third-order valence-corrected chi connectivity index (χ3v) is 4.03. The van der Waals surface area contributed by atoms with E-state index in [0.29, 0.717) is 0 Å². The van der Waals surface area contributed by atoms with Crippen LogP contribution in [0.25, 0.3) is 11.1 Å². The van der Waals surface area contributed by atoms with Crippen LogP contribution < -0.4 is 0 Å². The highest BCUT2D eigenvalue weighted by molar-refractivity contribution is 9.08. The molecule has 0 nitrogen and oxygen atoms in total. The summed E-state index contributed by atoms with van der Waals surface area (Å²) in [5, 5.41) is 0.729. The zero-order valence-electron chi connectivity index (χ0n) is 11.2. The molecule has 0 heterocycles. The molecule has 0 radical (unpaired) electrons. The van der Waals surface area contributed by atoms with Crippen LogP contribution in [0.2, 0.25) is 0 Å². The molecule has 2 aromatic rings. The van der Waals surface area contributed by atoms with Gasteiger partial charge in [-0.1, -0.05) is 40.2 Å². The van der Waals surface area contributed by atoms with E-state index in [4.69, 9.17) is 0 Å². The summed E-state index contributed by atoms with van der Waals surface area (Å²) >= 11 is 3.43. The average Bonchev–Trinajstić information content (AvgIpc) is 2.38. The predicted molar refractivity (Wildman–Crippen MR) is 79.0 cm³/mol. The molecule has 0 aliphatic heterocycles. The molecule has 0 N–H and O–H groups in total. The second kappa shape index (κ2) is 5.60. The van der Waals surface area contributed by atoms with Crippen LogP contribution in [0.4, 0.5) is 13.2 Å². The van der Waals surface area contributed by atoms with Gasteiger partial charge >= 0.3 is 6.18 Å². The third kappa shape index (κ3) is 2.90. The lowest BCUT2D eigenvalue weighted by Gasteiger charge is -2.14. The maximum Gasteiger partial charge on any atom is 0.416 e. The number of hydrogen-bond acceptors (Lipinski definition) is 0. The van der Waals surface area contributed by atoms with E-state index in [2.05, 4.69) is 15.9 Å². The number of halogens is 4. The summed E-state index contributed by atoms with van der Waals surface area (Å²) in [6.45, 7) is 3.97. The van der Waals surface area contributed by atoms with Gasteiger partial charge in [-0.25, -0.2) is 0 Å². The van der Waals surface area contributed by atoms with Crippen molar-refractivity contribution in [2.24, 2.45) is 0 Å². The molecule has 0 atom stereocenters. The Morgan fingerprint density at radius 2 is 1.55 bits per heavy atom. The Hall–Kier alpha value is -1.29. The van der Waals surface area contributed by atoms with Crippen molar-refractivity contribution in [2.45, 2.75) is 25.4 Å². The van der Waals surface area contributed by atoms with Crippen molar-refractivity contribution in [3.8, 4) is 11.1 Å². The molecule has 0 saturated heterocycles. The normalized spacial score (nSPS) is 11.7. The number of hydrogen-bond donors (Lipinski definition) is 0. The summed E-state index contributed by atoms with van der Waals surface area (Å²) in [6, 6.07) is 9.37. The Bertz CT molecular complexity index is 613. The Morgan fingerprint density at radius 1 is 0.950 bits per heavy atom. The molecule has 106 valence electrons. The van der Waals surface area contributed by atoms with Crippen LogP contribution in [-0.2, 0) is 11.5 Å². The van der Waals surface area contributed by atoms with Crippen molar-refractivity contribution in [3.05, 3.63) is 58.7 Å². The molecular weight excluding hydrogens is 329 g/mol. The largest absolute Gasteiger partial charge is 0.416 e. The third-order valence-electron chi connectivity index (χ3n) is 3.43. The van der Waals surface area contributed by atoms with Gasteiger partial charge in [-0.3, -0.25) is 0 Å². The van der Waals surface area contributed by atoms with Crippen molar-refractivity contribution in [3.63, 3.8) is 0 Å². The van der Waals surface area contributed by atoms with Crippen molar-refractivity contribution in [1.29, 1.82) is 0 Å². The van der Waals surface area contributed by atoms with E-state index >= 15 is 0 Å². The molecule has 0 spiro atoms. The number of aryl methyl sites for hydroxylation is 1. The lowest BCUT2D eigenvalue weighted by molar-refractivity contribution is -0.137. The van der Waals surface area contributed by atoms with Gasteiger partial charge in [0, 0.05) is 5.33 Å². The van der Waals surface area contributed by atoms with E-state index in [0.717, 1.165) is 45.3 Å². The Labute approximate surface area is 124 Å². The minimum absolute atomic E-state index is 0.617. The van der Waals surface area contributed by atoms with Crippen LogP contribution in [0.15, 0.2) is 36.4 Å². The highest BCUT2D eigenvalue weighted by Crippen LogP contribution is 2.34. The molecule has 0 saturated carbocycles. The summed E-state index contributed by atoms with van der Waals surface area (Å²) in [5.74, 6) is 0. The van der Waals surface area contributed by atoms with E-state index in [1.807, 2.05) is 26.0 Å².